The van der Waals surface area contributed by atoms with Gasteiger partial charge in [-0.05, 0) is 17.7 Å². The van der Waals surface area contributed by atoms with E-state index < -0.39 is 12.0 Å². The summed E-state index contributed by atoms with van der Waals surface area (Å²) in [6.07, 6.45) is 5.70. The molecule has 1 aliphatic rings. The Balaban J connectivity index is 2.16. The second kappa shape index (κ2) is 5.66. The molecule has 1 aromatic rings. The van der Waals surface area contributed by atoms with E-state index in [9.17, 15) is 19.8 Å². The van der Waals surface area contributed by atoms with Crippen LogP contribution in [0.3, 0.4) is 0 Å². The second-order valence-electron chi connectivity index (χ2n) is 4.84. The maximum absolute atomic E-state index is 11.9. The minimum atomic E-state index is -1.05. The van der Waals surface area contributed by atoms with Gasteiger partial charge in [-0.1, -0.05) is 12.1 Å². The molecular formula is C15H15NO4. The number of terminal acetylenes is 1. The summed E-state index contributed by atoms with van der Waals surface area (Å²) in [6.45, 7) is 0.282. The van der Waals surface area contributed by atoms with Crippen LogP contribution in [0.4, 0.5) is 0 Å². The predicted octanol–water partition coefficient (Wildman–Crippen LogP) is 0.870. The summed E-state index contributed by atoms with van der Waals surface area (Å²) in [7, 11) is 0. The quantitative estimate of drug-likeness (QED) is 0.798. The molecule has 1 fully saturated rings. The number of aliphatic carboxylic acids is 1. The van der Waals surface area contributed by atoms with Gasteiger partial charge in [0.1, 0.15) is 11.8 Å². The number of hydrogen-bond acceptors (Lipinski definition) is 3. The highest BCUT2D eigenvalue weighted by atomic mass is 16.4. The largest absolute Gasteiger partial charge is 0.508 e. The number of phenolic OH excluding ortho intramolecular Hbond substituents is 1. The SMILES string of the molecule is C#CC1CC(=O)N(C(Cc2ccc(O)cc2)C(=O)O)C1. The molecule has 104 valence electrons. The minimum absolute atomic E-state index is 0.116. The van der Waals surface area contributed by atoms with Crippen LogP contribution in [0.25, 0.3) is 0 Å². The standard InChI is InChI=1S/C15H15NO4/c1-2-10-8-14(18)16(9-10)13(15(19)20)7-11-3-5-12(17)6-4-11/h1,3-6,10,13,17H,7-9H2,(H,19,20). The smallest absolute Gasteiger partial charge is 0.326 e. The number of likely N-dealkylation sites (tertiary alicyclic amines) is 1. The highest BCUT2D eigenvalue weighted by Gasteiger charge is 2.36. The average molecular weight is 273 g/mol. The van der Waals surface area contributed by atoms with Gasteiger partial charge in [0.25, 0.3) is 0 Å². The first-order valence-corrected chi connectivity index (χ1v) is 6.27. The van der Waals surface area contributed by atoms with Crippen molar-refractivity contribution in [2.75, 3.05) is 6.54 Å². The van der Waals surface area contributed by atoms with Crippen molar-refractivity contribution in [2.24, 2.45) is 5.92 Å². The van der Waals surface area contributed by atoms with Gasteiger partial charge in [0.05, 0.1) is 0 Å². The lowest BCUT2D eigenvalue weighted by molar-refractivity contribution is -0.148. The van der Waals surface area contributed by atoms with E-state index in [0.29, 0.717) is 0 Å². The Morgan fingerprint density at radius 2 is 2.10 bits per heavy atom. The van der Waals surface area contributed by atoms with Crippen LogP contribution >= 0.6 is 0 Å². The summed E-state index contributed by atoms with van der Waals surface area (Å²) in [5.74, 6) is 1.12. The Kier molecular flexibility index (Phi) is 3.94. The van der Waals surface area contributed by atoms with Crippen LogP contribution in [0, 0.1) is 18.3 Å². The van der Waals surface area contributed by atoms with Crippen LogP contribution < -0.4 is 0 Å². The van der Waals surface area contributed by atoms with Gasteiger partial charge in [0.2, 0.25) is 5.91 Å². The van der Waals surface area contributed by atoms with Crippen molar-refractivity contribution >= 4 is 11.9 Å². The zero-order valence-corrected chi connectivity index (χ0v) is 10.8. The number of hydrogen-bond donors (Lipinski definition) is 2. The van der Waals surface area contributed by atoms with Crippen molar-refractivity contribution < 1.29 is 19.8 Å². The van der Waals surface area contributed by atoms with Gasteiger partial charge >= 0.3 is 5.97 Å². The zero-order chi connectivity index (χ0) is 14.7. The van der Waals surface area contributed by atoms with Crippen LogP contribution in [0.1, 0.15) is 12.0 Å². The lowest BCUT2D eigenvalue weighted by Gasteiger charge is -2.24. The van der Waals surface area contributed by atoms with E-state index in [0.717, 1.165) is 5.56 Å². The molecule has 5 heteroatoms. The molecule has 2 unspecified atom stereocenters. The van der Waals surface area contributed by atoms with Crippen LogP contribution in [0.2, 0.25) is 0 Å². The molecule has 0 radical (unpaired) electrons. The summed E-state index contributed by atoms with van der Waals surface area (Å²) < 4.78 is 0. The molecule has 0 saturated carbocycles. The van der Waals surface area contributed by atoms with E-state index >= 15 is 0 Å². The number of carbonyl (C=O) groups is 2. The molecule has 0 bridgehead atoms. The van der Waals surface area contributed by atoms with Gasteiger partial charge in [-0.15, -0.1) is 12.3 Å². The average Bonchev–Trinajstić information content (AvgIpc) is 2.79. The molecule has 0 spiro atoms. The number of amides is 1. The van der Waals surface area contributed by atoms with Crippen LogP contribution in [-0.4, -0.2) is 39.6 Å². The van der Waals surface area contributed by atoms with Crippen molar-refractivity contribution in [3.63, 3.8) is 0 Å². The summed E-state index contributed by atoms with van der Waals surface area (Å²) in [6, 6.07) is 5.34. The van der Waals surface area contributed by atoms with Gasteiger partial charge in [-0.25, -0.2) is 4.79 Å². The first kappa shape index (κ1) is 13.9. The number of carbonyl (C=O) groups excluding carboxylic acids is 1. The summed E-state index contributed by atoms with van der Waals surface area (Å²) in [5.41, 5.74) is 0.743. The monoisotopic (exact) mass is 273 g/mol. The molecule has 20 heavy (non-hydrogen) atoms. The molecule has 2 atom stereocenters. The number of benzene rings is 1. The van der Waals surface area contributed by atoms with E-state index in [1.807, 2.05) is 0 Å². The van der Waals surface area contributed by atoms with Gasteiger partial charge in [-0.3, -0.25) is 4.79 Å². The lowest BCUT2D eigenvalue weighted by Crippen LogP contribution is -2.43. The highest BCUT2D eigenvalue weighted by molar-refractivity contribution is 5.85. The van der Waals surface area contributed by atoms with Gasteiger partial charge < -0.3 is 15.1 Å². The molecule has 2 N–H and O–H groups in total. The molecule has 1 amide bonds. The van der Waals surface area contributed by atoms with Crippen molar-refractivity contribution in [3.05, 3.63) is 29.8 Å². The molecule has 1 saturated heterocycles. The van der Waals surface area contributed by atoms with Crippen LogP contribution in [0.15, 0.2) is 24.3 Å². The first-order valence-electron chi connectivity index (χ1n) is 6.27. The van der Waals surface area contributed by atoms with Gasteiger partial charge in [0.15, 0.2) is 0 Å². The summed E-state index contributed by atoms with van der Waals surface area (Å²) >= 11 is 0. The number of carboxylic acids is 1. The molecule has 0 aromatic heterocycles. The van der Waals surface area contributed by atoms with Gasteiger partial charge in [-0.2, -0.15) is 0 Å². The molecule has 2 rings (SSSR count). The molecular weight excluding hydrogens is 258 g/mol. The summed E-state index contributed by atoms with van der Waals surface area (Å²) in [4.78, 5) is 24.6. The molecule has 1 aromatic carbocycles. The van der Waals surface area contributed by atoms with Crippen molar-refractivity contribution in [1.82, 2.24) is 4.90 Å². The Morgan fingerprint density at radius 1 is 1.45 bits per heavy atom. The minimum Gasteiger partial charge on any atom is -0.508 e. The fraction of sp³-hybridized carbons (Fsp3) is 0.333. The third-order valence-electron chi connectivity index (χ3n) is 3.42. The van der Waals surface area contributed by atoms with E-state index in [4.69, 9.17) is 6.42 Å². The van der Waals surface area contributed by atoms with Gasteiger partial charge in [0, 0.05) is 25.3 Å². The second-order valence-corrected chi connectivity index (χ2v) is 4.84. The van der Waals surface area contributed by atoms with Crippen LogP contribution in [0.5, 0.6) is 5.75 Å². The number of rotatable bonds is 4. The number of phenols is 1. The number of carboxylic acid groups (broad SMARTS) is 1. The molecule has 1 heterocycles. The van der Waals surface area contributed by atoms with E-state index in [1.54, 1.807) is 12.1 Å². The Hall–Kier alpha value is -2.48. The maximum Gasteiger partial charge on any atom is 0.326 e. The molecule has 0 aliphatic carbocycles. The molecule has 1 aliphatic heterocycles. The molecule has 5 nitrogen and oxygen atoms in total. The normalized spacial score (nSPS) is 19.6. The Labute approximate surface area is 116 Å². The number of nitrogens with zero attached hydrogens (tertiary/aromatic N) is 1. The topological polar surface area (TPSA) is 77.8 Å². The van der Waals surface area contributed by atoms with Crippen molar-refractivity contribution in [3.8, 4) is 18.1 Å². The van der Waals surface area contributed by atoms with Crippen LogP contribution in [-0.2, 0) is 16.0 Å². The maximum atomic E-state index is 11.9. The van der Waals surface area contributed by atoms with Crippen molar-refractivity contribution in [2.45, 2.75) is 18.9 Å². The predicted molar refractivity (Wildman–Crippen MR) is 71.9 cm³/mol. The van der Waals surface area contributed by atoms with Crippen molar-refractivity contribution in [1.29, 1.82) is 0 Å². The third kappa shape index (κ3) is 2.91. The fourth-order valence-corrected chi connectivity index (χ4v) is 2.33. The van der Waals surface area contributed by atoms with E-state index in [-0.39, 0.29) is 37.0 Å². The highest BCUT2D eigenvalue weighted by Crippen LogP contribution is 2.22. The van der Waals surface area contributed by atoms with E-state index in [1.165, 1.54) is 17.0 Å². The first-order chi connectivity index (χ1) is 9.51. The third-order valence-corrected chi connectivity index (χ3v) is 3.42. The Bertz CT molecular complexity index is 558. The fourth-order valence-electron chi connectivity index (χ4n) is 2.33. The summed E-state index contributed by atoms with van der Waals surface area (Å²) in [5, 5.41) is 18.5. The lowest BCUT2D eigenvalue weighted by atomic mass is 10.0. The zero-order valence-electron chi connectivity index (χ0n) is 10.8. The number of aromatic hydroxyl groups is 1. The Morgan fingerprint density at radius 3 is 2.60 bits per heavy atom. The van der Waals surface area contributed by atoms with E-state index in [2.05, 4.69) is 5.92 Å².